The Balaban J connectivity index is 0.000000876. The number of aromatic nitrogens is 3. The maximum absolute atomic E-state index is 11.6. The number of hydrogen-bond acceptors (Lipinski definition) is 8. The van der Waals surface area contributed by atoms with Gasteiger partial charge < -0.3 is 20.2 Å². The van der Waals surface area contributed by atoms with Crippen molar-refractivity contribution in [2.45, 2.75) is 66.7 Å². The second-order valence-corrected chi connectivity index (χ2v) is 11.3. The van der Waals surface area contributed by atoms with Crippen molar-refractivity contribution in [2.75, 3.05) is 60.4 Å². The molecule has 0 bridgehead atoms. The zero-order valence-electron chi connectivity index (χ0n) is 25.8. The first-order valence-corrected chi connectivity index (χ1v) is 16.5. The van der Waals surface area contributed by atoms with E-state index < -0.39 is 10.8 Å². The predicted molar refractivity (Wildman–Crippen MR) is 173 cm³/mol. The van der Waals surface area contributed by atoms with E-state index in [1.807, 2.05) is 46.2 Å². The predicted octanol–water partition coefficient (Wildman–Crippen LogP) is 6.36. The highest BCUT2D eigenvalue weighted by Crippen LogP contribution is 2.37. The van der Waals surface area contributed by atoms with E-state index in [1.54, 1.807) is 6.26 Å². The quantitative estimate of drug-likeness (QED) is 0.339. The van der Waals surface area contributed by atoms with Crippen LogP contribution >= 0.6 is 0 Å². The molecule has 0 saturated carbocycles. The van der Waals surface area contributed by atoms with E-state index >= 15 is 0 Å². The van der Waals surface area contributed by atoms with Gasteiger partial charge in [0.05, 0.1) is 0 Å². The lowest BCUT2D eigenvalue weighted by atomic mass is 9.93. The number of pyridine rings is 1. The molecule has 2 aliphatic rings. The van der Waals surface area contributed by atoms with Crippen LogP contribution in [0.15, 0.2) is 36.7 Å². The number of hydrogen-bond donors (Lipinski definition) is 2. The van der Waals surface area contributed by atoms with Gasteiger partial charge in [-0.25, -0.2) is 9.97 Å². The molecule has 2 N–H and O–H groups in total. The normalized spacial score (nSPS) is 15.6. The van der Waals surface area contributed by atoms with Crippen molar-refractivity contribution in [3.63, 3.8) is 0 Å². The van der Waals surface area contributed by atoms with Gasteiger partial charge >= 0.3 is 0 Å². The van der Waals surface area contributed by atoms with Crippen LogP contribution in [-0.4, -0.2) is 69.6 Å². The van der Waals surface area contributed by atoms with Crippen LogP contribution in [0.5, 0.6) is 0 Å². The first-order valence-electron chi connectivity index (χ1n) is 14.8. The second kappa shape index (κ2) is 17.1. The lowest BCUT2D eigenvalue weighted by Crippen LogP contribution is -2.49. The fourth-order valence-corrected chi connectivity index (χ4v) is 5.97. The maximum atomic E-state index is 11.6. The van der Waals surface area contributed by atoms with Crippen molar-refractivity contribution in [3.05, 3.63) is 42.2 Å². The summed E-state index contributed by atoms with van der Waals surface area (Å²) in [5.74, 6) is 4.04. The van der Waals surface area contributed by atoms with Gasteiger partial charge in [-0.1, -0.05) is 47.6 Å². The number of benzene rings is 1. The summed E-state index contributed by atoms with van der Waals surface area (Å²) in [5, 5.41) is 12.8. The smallest absolute Gasteiger partial charge is 0.227 e. The highest BCUT2D eigenvalue weighted by Gasteiger charge is 2.29. The summed E-state index contributed by atoms with van der Waals surface area (Å²) in [7, 11) is 0.260. The molecule has 2 aromatic heterocycles. The number of fused-ring (bicyclic) bond motifs is 1. The first-order chi connectivity index (χ1) is 19.5. The summed E-state index contributed by atoms with van der Waals surface area (Å²) in [6.07, 6.45) is 9.27. The highest BCUT2D eigenvalue weighted by atomic mass is 32.2. The van der Waals surface area contributed by atoms with Gasteiger partial charge in [0.2, 0.25) is 5.95 Å². The number of anilines is 4. The molecule has 2 saturated heterocycles. The van der Waals surface area contributed by atoms with E-state index in [2.05, 4.69) is 52.1 Å². The molecule has 0 aliphatic carbocycles. The Morgan fingerprint density at radius 2 is 1.62 bits per heavy atom. The van der Waals surface area contributed by atoms with Gasteiger partial charge in [0, 0.05) is 85.5 Å². The fourth-order valence-electron chi connectivity index (χ4n) is 5.09. The second-order valence-electron chi connectivity index (χ2n) is 9.87. The van der Waals surface area contributed by atoms with E-state index in [-0.39, 0.29) is 0 Å². The third-order valence-electron chi connectivity index (χ3n) is 6.84. The lowest BCUT2D eigenvalue weighted by molar-refractivity contribution is 0.399. The summed E-state index contributed by atoms with van der Waals surface area (Å²) in [4.78, 5) is 18.7. The highest BCUT2D eigenvalue weighted by molar-refractivity contribution is 7.84. The van der Waals surface area contributed by atoms with Crippen molar-refractivity contribution in [2.24, 2.45) is 5.92 Å². The molecule has 5 rings (SSSR count). The van der Waals surface area contributed by atoms with E-state index in [1.165, 1.54) is 41.3 Å². The van der Waals surface area contributed by atoms with Gasteiger partial charge in [-0.3, -0.25) is 4.21 Å². The van der Waals surface area contributed by atoms with Crippen molar-refractivity contribution in [1.29, 1.82) is 0 Å². The number of aliphatic hydroxyl groups is 1. The standard InChI is InChI=1S/C26H34N6OS.2C2H6.CH4O/c1-18(2)20-7-8-23(32-15-19(16-32)17-34(3)33)22-14-28-25(13-21(20)22)29-24-9-10-27-26(30-24)31-11-5-4-6-12-31;3*1-2/h7-10,13-14,18-19H,4-6,11-12,15-17H2,1-3H3,(H,27,28,29,30);2*1-2H3;2H,1H3. The molecule has 8 nitrogen and oxygen atoms in total. The third-order valence-corrected chi connectivity index (χ3v) is 7.78. The lowest BCUT2D eigenvalue weighted by Gasteiger charge is -2.41. The zero-order chi connectivity index (χ0) is 29.7. The minimum atomic E-state index is -0.740. The van der Waals surface area contributed by atoms with Crippen molar-refractivity contribution >= 4 is 44.8 Å². The molecule has 2 fully saturated rings. The molecule has 40 heavy (non-hydrogen) atoms. The van der Waals surface area contributed by atoms with E-state index in [0.717, 1.165) is 56.6 Å². The van der Waals surface area contributed by atoms with Crippen LogP contribution in [0.4, 0.5) is 23.3 Å². The number of aliphatic hydroxyl groups excluding tert-OH is 1. The first kappa shape index (κ1) is 33.4. The number of rotatable bonds is 7. The van der Waals surface area contributed by atoms with Gasteiger partial charge in [0.1, 0.15) is 11.6 Å². The molecule has 0 amide bonds. The van der Waals surface area contributed by atoms with Crippen molar-refractivity contribution in [3.8, 4) is 0 Å². The van der Waals surface area contributed by atoms with E-state index in [0.29, 0.717) is 11.8 Å². The van der Waals surface area contributed by atoms with Crippen LogP contribution in [0.25, 0.3) is 10.8 Å². The molecule has 0 spiro atoms. The topological polar surface area (TPSA) is 94.5 Å². The minimum absolute atomic E-state index is 0.406. The maximum Gasteiger partial charge on any atom is 0.227 e. The Hall–Kier alpha value is -2.78. The van der Waals surface area contributed by atoms with Crippen LogP contribution in [0, 0.1) is 5.92 Å². The van der Waals surface area contributed by atoms with Crippen LogP contribution in [0.1, 0.15) is 72.3 Å². The third kappa shape index (κ3) is 8.61. The molecular formula is C31H50N6O2S. The molecule has 4 heterocycles. The largest absolute Gasteiger partial charge is 0.400 e. The monoisotopic (exact) mass is 570 g/mol. The summed E-state index contributed by atoms with van der Waals surface area (Å²) in [6.45, 7) is 16.4. The molecule has 1 atom stereocenters. The SMILES string of the molecule is CC.CC.CC(C)c1ccc(N2CC(CS(C)=O)C2)c2cnc(Nc3ccnc(N4CCCCC4)n3)cc12.CO. The summed E-state index contributed by atoms with van der Waals surface area (Å²) in [6, 6.07) is 8.52. The molecule has 1 unspecified atom stereocenters. The Labute approximate surface area is 244 Å². The van der Waals surface area contributed by atoms with E-state index in [9.17, 15) is 4.21 Å². The van der Waals surface area contributed by atoms with Gasteiger partial charge in [-0.2, -0.15) is 4.98 Å². The van der Waals surface area contributed by atoms with Crippen LogP contribution in [0.3, 0.4) is 0 Å². The van der Waals surface area contributed by atoms with Gasteiger partial charge in [0.15, 0.2) is 0 Å². The molecule has 222 valence electrons. The van der Waals surface area contributed by atoms with Crippen LogP contribution < -0.4 is 15.1 Å². The van der Waals surface area contributed by atoms with Gasteiger partial charge in [0.25, 0.3) is 0 Å². The van der Waals surface area contributed by atoms with Gasteiger partial charge in [-0.05, 0) is 54.3 Å². The van der Waals surface area contributed by atoms with Crippen LogP contribution in [0.2, 0.25) is 0 Å². The summed E-state index contributed by atoms with van der Waals surface area (Å²) in [5.41, 5.74) is 2.53. The number of piperidine rings is 1. The molecule has 9 heteroatoms. The molecule has 0 radical (unpaired) electrons. The molecule has 1 aromatic carbocycles. The fraction of sp³-hybridized carbons (Fsp3) is 0.581. The Morgan fingerprint density at radius 1 is 0.950 bits per heavy atom. The van der Waals surface area contributed by atoms with Crippen molar-refractivity contribution in [1.82, 2.24) is 15.0 Å². The number of nitrogens with one attached hydrogen (secondary N) is 1. The average Bonchev–Trinajstić information content (AvgIpc) is 2.98. The van der Waals surface area contributed by atoms with Crippen LogP contribution in [-0.2, 0) is 10.8 Å². The molecule has 2 aliphatic heterocycles. The Kier molecular flexibility index (Phi) is 14.3. The van der Waals surface area contributed by atoms with E-state index in [4.69, 9.17) is 15.1 Å². The van der Waals surface area contributed by atoms with Gasteiger partial charge in [-0.15, -0.1) is 0 Å². The molecular weight excluding hydrogens is 520 g/mol. The molecule has 3 aromatic rings. The average molecular weight is 571 g/mol. The Morgan fingerprint density at radius 3 is 2.25 bits per heavy atom. The summed E-state index contributed by atoms with van der Waals surface area (Å²) >= 11 is 0. The van der Waals surface area contributed by atoms with Crippen molar-refractivity contribution < 1.29 is 9.32 Å². The Bertz CT molecular complexity index is 1190. The number of nitrogens with zero attached hydrogens (tertiary/aromatic N) is 5. The minimum Gasteiger partial charge on any atom is -0.400 e. The summed E-state index contributed by atoms with van der Waals surface area (Å²) < 4.78 is 11.6. The zero-order valence-corrected chi connectivity index (χ0v) is 26.6.